The summed E-state index contributed by atoms with van der Waals surface area (Å²) >= 11 is 0. The molecule has 0 heterocycles. The van der Waals surface area contributed by atoms with Gasteiger partial charge in [0.05, 0.1) is 12.5 Å². The molecule has 0 radical (unpaired) electrons. The van der Waals surface area contributed by atoms with Crippen LogP contribution in [0.1, 0.15) is 77.6 Å². The van der Waals surface area contributed by atoms with Gasteiger partial charge in [0, 0.05) is 6.08 Å². The van der Waals surface area contributed by atoms with Crippen LogP contribution in [0.15, 0.2) is 12.7 Å². The third kappa shape index (κ3) is 6.08. The zero-order valence-electron chi connectivity index (χ0n) is 16.4. The first-order valence-electron chi connectivity index (χ1n) is 10.2. The summed E-state index contributed by atoms with van der Waals surface area (Å²) in [5, 5.41) is 0. The number of unbranched alkanes of at least 4 members (excludes halogenated alkanes) is 1. The summed E-state index contributed by atoms with van der Waals surface area (Å²) in [5.41, 5.74) is -1.32. The zero-order valence-corrected chi connectivity index (χ0v) is 16.4. The molecule has 6 heteroatoms. The number of carbonyl (C=O) groups excluding carboxylic acids is 3. The van der Waals surface area contributed by atoms with Crippen LogP contribution in [-0.4, -0.2) is 36.2 Å². The quantitative estimate of drug-likeness (QED) is 0.275. The Morgan fingerprint density at radius 2 is 1.74 bits per heavy atom. The minimum Gasteiger partial charge on any atom is -0.465 e. The van der Waals surface area contributed by atoms with Crippen LogP contribution in [-0.2, 0) is 28.6 Å². The maximum Gasteiger partial charge on any atom is 0.350 e. The van der Waals surface area contributed by atoms with E-state index in [-0.39, 0.29) is 30.8 Å². The van der Waals surface area contributed by atoms with Crippen LogP contribution in [0.25, 0.3) is 0 Å². The Bertz CT molecular complexity index is 527. The van der Waals surface area contributed by atoms with E-state index in [1.54, 1.807) is 0 Å². The van der Waals surface area contributed by atoms with E-state index in [9.17, 15) is 14.4 Å². The molecule has 2 saturated carbocycles. The SMILES string of the molecule is C=CC(=O)OC1(C(=O)OC2CCCCC2)CCC(C(=O)OCCCC)CC1. The van der Waals surface area contributed by atoms with Gasteiger partial charge in [-0.25, -0.2) is 9.59 Å². The molecule has 2 aliphatic rings. The van der Waals surface area contributed by atoms with Gasteiger partial charge in [-0.2, -0.15) is 0 Å². The molecule has 0 unspecified atom stereocenters. The monoisotopic (exact) mass is 380 g/mol. The van der Waals surface area contributed by atoms with Crippen LogP contribution in [0.5, 0.6) is 0 Å². The van der Waals surface area contributed by atoms with Gasteiger partial charge in [0.2, 0.25) is 5.60 Å². The number of esters is 3. The maximum atomic E-state index is 12.9. The number of rotatable bonds is 8. The van der Waals surface area contributed by atoms with Crippen molar-refractivity contribution < 1.29 is 28.6 Å². The standard InChI is InChI=1S/C21H32O6/c1-3-5-15-25-19(23)16-11-13-21(14-12-16,27-18(22)4-2)20(24)26-17-9-7-6-8-10-17/h4,16-17H,2-3,5-15H2,1H3. The largest absolute Gasteiger partial charge is 0.465 e. The molecular weight excluding hydrogens is 348 g/mol. The average Bonchev–Trinajstić information content (AvgIpc) is 2.69. The summed E-state index contributed by atoms with van der Waals surface area (Å²) in [6, 6.07) is 0. The lowest BCUT2D eigenvalue weighted by molar-refractivity contribution is -0.191. The van der Waals surface area contributed by atoms with Crippen LogP contribution in [0.3, 0.4) is 0 Å². The second kappa shape index (κ2) is 10.5. The summed E-state index contributed by atoms with van der Waals surface area (Å²) in [5.74, 6) is -1.62. The molecule has 27 heavy (non-hydrogen) atoms. The molecule has 0 bridgehead atoms. The van der Waals surface area contributed by atoms with Gasteiger partial charge in [0.15, 0.2) is 0 Å². The average molecular weight is 380 g/mol. The highest BCUT2D eigenvalue weighted by Gasteiger charge is 2.48. The van der Waals surface area contributed by atoms with Gasteiger partial charge in [0.1, 0.15) is 6.10 Å². The van der Waals surface area contributed by atoms with Crippen molar-refractivity contribution in [2.45, 2.75) is 89.3 Å². The third-order valence-corrected chi connectivity index (χ3v) is 5.53. The fourth-order valence-corrected chi connectivity index (χ4v) is 3.78. The molecule has 152 valence electrons. The molecule has 2 fully saturated rings. The molecule has 0 amide bonds. The Labute approximate surface area is 161 Å². The minimum atomic E-state index is -1.32. The molecule has 0 N–H and O–H groups in total. The molecular formula is C21H32O6. The van der Waals surface area contributed by atoms with E-state index in [0.717, 1.165) is 51.0 Å². The van der Waals surface area contributed by atoms with E-state index < -0.39 is 17.5 Å². The summed E-state index contributed by atoms with van der Waals surface area (Å²) in [7, 11) is 0. The highest BCUT2D eigenvalue weighted by atomic mass is 16.6. The fourth-order valence-electron chi connectivity index (χ4n) is 3.78. The zero-order chi connectivity index (χ0) is 19.7. The Kier molecular flexibility index (Phi) is 8.32. The first-order chi connectivity index (χ1) is 13.0. The lowest BCUT2D eigenvalue weighted by Gasteiger charge is -2.37. The van der Waals surface area contributed by atoms with Gasteiger partial charge in [-0.05, 0) is 57.8 Å². The van der Waals surface area contributed by atoms with Crippen LogP contribution in [0.4, 0.5) is 0 Å². The van der Waals surface area contributed by atoms with Crippen molar-refractivity contribution in [2.75, 3.05) is 6.61 Å². The minimum absolute atomic E-state index is 0.109. The van der Waals surface area contributed by atoms with Gasteiger partial charge >= 0.3 is 17.9 Å². The predicted octanol–water partition coefficient (Wildman–Crippen LogP) is 3.86. The van der Waals surface area contributed by atoms with Crippen molar-refractivity contribution in [1.29, 1.82) is 0 Å². The Balaban J connectivity index is 1.98. The van der Waals surface area contributed by atoms with Crippen molar-refractivity contribution in [1.82, 2.24) is 0 Å². The molecule has 0 saturated heterocycles. The smallest absolute Gasteiger partial charge is 0.350 e. The number of carbonyl (C=O) groups is 3. The van der Waals surface area contributed by atoms with Crippen LogP contribution in [0, 0.1) is 5.92 Å². The first-order valence-corrected chi connectivity index (χ1v) is 10.2. The third-order valence-electron chi connectivity index (χ3n) is 5.53. The maximum absolute atomic E-state index is 12.9. The van der Waals surface area contributed by atoms with Crippen molar-refractivity contribution in [3.8, 4) is 0 Å². The molecule has 0 aromatic carbocycles. The number of hydrogen-bond acceptors (Lipinski definition) is 6. The molecule has 0 aromatic rings. The summed E-state index contributed by atoms with van der Waals surface area (Å²) in [4.78, 5) is 36.9. The summed E-state index contributed by atoms with van der Waals surface area (Å²) in [6.07, 6.45) is 9.12. The molecule has 2 rings (SSSR count). The van der Waals surface area contributed by atoms with Gasteiger partial charge in [-0.15, -0.1) is 0 Å². The molecule has 2 aliphatic carbocycles. The molecule has 6 nitrogen and oxygen atoms in total. The van der Waals surface area contributed by atoms with E-state index in [2.05, 4.69) is 6.58 Å². The Morgan fingerprint density at radius 1 is 1.07 bits per heavy atom. The fraction of sp³-hybridized carbons (Fsp3) is 0.762. The lowest BCUT2D eigenvalue weighted by Crippen LogP contribution is -2.49. The first kappa shape index (κ1) is 21.5. The predicted molar refractivity (Wildman–Crippen MR) is 99.8 cm³/mol. The van der Waals surface area contributed by atoms with Crippen LogP contribution in [0.2, 0.25) is 0 Å². The van der Waals surface area contributed by atoms with Crippen molar-refractivity contribution in [3.63, 3.8) is 0 Å². The van der Waals surface area contributed by atoms with Gasteiger partial charge in [-0.3, -0.25) is 4.79 Å². The van der Waals surface area contributed by atoms with Crippen LogP contribution < -0.4 is 0 Å². The highest BCUT2D eigenvalue weighted by molar-refractivity contribution is 5.88. The van der Waals surface area contributed by atoms with Crippen LogP contribution >= 0.6 is 0 Å². The molecule has 0 atom stereocenters. The van der Waals surface area contributed by atoms with E-state index in [4.69, 9.17) is 14.2 Å². The van der Waals surface area contributed by atoms with Crippen molar-refractivity contribution in [3.05, 3.63) is 12.7 Å². The van der Waals surface area contributed by atoms with E-state index in [0.29, 0.717) is 19.4 Å². The molecule has 0 aliphatic heterocycles. The Hall–Kier alpha value is -1.85. The highest BCUT2D eigenvalue weighted by Crippen LogP contribution is 2.38. The van der Waals surface area contributed by atoms with Gasteiger partial charge < -0.3 is 14.2 Å². The van der Waals surface area contributed by atoms with Crippen molar-refractivity contribution >= 4 is 17.9 Å². The van der Waals surface area contributed by atoms with Crippen molar-refractivity contribution in [2.24, 2.45) is 5.92 Å². The van der Waals surface area contributed by atoms with Gasteiger partial charge in [0.25, 0.3) is 0 Å². The normalized spacial score (nSPS) is 26.0. The summed E-state index contributed by atoms with van der Waals surface area (Å²) in [6.45, 7) is 5.88. The molecule has 0 spiro atoms. The van der Waals surface area contributed by atoms with E-state index in [1.807, 2.05) is 6.92 Å². The van der Waals surface area contributed by atoms with Gasteiger partial charge in [-0.1, -0.05) is 26.3 Å². The number of ether oxygens (including phenoxy) is 3. The molecule has 0 aromatic heterocycles. The summed E-state index contributed by atoms with van der Waals surface area (Å²) < 4.78 is 16.5. The second-order valence-corrected chi connectivity index (χ2v) is 7.58. The second-order valence-electron chi connectivity index (χ2n) is 7.58. The number of hydrogen-bond donors (Lipinski definition) is 0. The lowest BCUT2D eigenvalue weighted by atomic mass is 9.78. The van der Waals surface area contributed by atoms with E-state index in [1.165, 1.54) is 0 Å². The topological polar surface area (TPSA) is 78.9 Å². The van der Waals surface area contributed by atoms with E-state index >= 15 is 0 Å². The Morgan fingerprint density at radius 3 is 2.33 bits per heavy atom.